The Morgan fingerprint density at radius 2 is 2.08 bits per heavy atom. The predicted octanol–water partition coefficient (Wildman–Crippen LogP) is 2.06. The van der Waals surface area contributed by atoms with Gasteiger partial charge in [0, 0.05) is 31.6 Å². The number of guanidine groups is 1. The highest BCUT2D eigenvalue weighted by Gasteiger charge is 2.40. The van der Waals surface area contributed by atoms with Crippen LogP contribution in [0.1, 0.15) is 53.9 Å². The van der Waals surface area contributed by atoms with Crippen molar-refractivity contribution in [2.75, 3.05) is 26.2 Å². The summed E-state index contributed by atoms with van der Waals surface area (Å²) in [5.41, 5.74) is -0.230. The molecule has 0 aromatic carbocycles. The molecule has 0 spiro atoms. The Labute approximate surface area is 169 Å². The molecule has 1 aliphatic carbocycles. The van der Waals surface area contributed by atoms with Crippen LogP contribution in [0.15, 0.2) is 4.99 Å². The van der Waals surface area contributed by atoms with Gasteiger partial charge in [0.25, 0.3) is 0 Å². The zero-order valence-electron chi connectivity index (χ0n) is 16.3. The van der Waals surface area contributed by atoms with Crippen molar-refractivity contribution < 1.29 is 9.90 Å². The maximum atomic E-state index is 12.6. The third-order valence-corrected chi connectivity index (χ3v) is 5.07. The number of aliphatic imine (C=N–C) groups is 1. The van der Waals surface area contributed by atoms with E-state index in [1.165, 1.54) is 0 Å². The Hall–Kier alpha value is -0.570. The van der Waals surface area contributed by atoms with Gasteiger partial charge in [0.1, 0.15) is 0 Å². The summed E-state index contributed by atoms with van der Waals surface area (Å²) in [6, 6.07) is 0.197. The number of nitrogens with zero attached hydrogens (tertiary/aromatic N) is 3. The van der Waals surface area contributed by atoms with Gasteiger partial charge in [-0.15, -0.1) is 24.0 Å². The molecule has 25 heavy (non-hydrogen) atoms. The summed E-state index contributed by atoms with van der Waals surface area (Å²) in [5.74, 6) is 1.19. The van der Waals surface area contributed by atoms with Crippen LogP contribution in [-0.2, 0) is 4.79 Å². The zero-order chi connectivity index (χ0) is 17.9. The second-order valence-electron chi connectivity index (χ2n) is 7.98. The van der Waals surface area contributed by atoms with E-state index in [2.05, 4.69) is 37.9 Å². The first kappa shape index (κ1) is 22.5. The van der Waals surface area contributed by atoms with Crippen LogP contribution in [0.5, 0.6) is 0 Å². The van der Waals surface area contributed by atoms with Crippen LogP contribution < -0.4 is 5.32 Å². The molecule has 7 heteroatoms. The fourth-order valence-electron chi connectivity index (χ4n) is 4.17. The Balaban J connectivity index is 0.00000312. The maximum Gasteiger partial charge on any atom is 0.242 e. The normalized spacial score (nSPS) is 26.8. The summed E-state index contributed by atoms with van der Waals surface area (Å²) >= 11 is 0. The number of amides is 1. The van der Waals surface area contributed by atoms with Crippen LogP contribution in [0, 0.1) is 5.92 Å². The van der Waals surface area contributed by atoms with Crippen molar-refractivity contribution >= 4 is 35.8 Å². The minimum Gasteiger partial charge on any atom is -0.393 e. The van der Waals surface area contributed by atoms with E-state index in [1.807, 2.05) is 11.8 Å². The SMILES string of the molecule is CCNC(=NCC1CCCC1O)N1CC(=O)N(C(C)C)C(C)(C)C1.I. The molecule has 1 amide bonds. The zero-order valence-corrected chi connectivity index (χ0v) is 18.6. The van der Waals surface area contributed by atoms with Crippen molar-refractivity contribution in [3.05, 3.63) is 0 Å². The number of nitrogens with one attached hydrogen (secondary N) is 1. The Kier molecular flexibility index (Phi) is 8.44. The quantitative estimate of drug-likeness (QED) is 0.378. The number of rotatable bonds is 4. The molecule has 0 bridgehead atoms. The fraction of sp³-hybridized carbons (Fsp3) is 0.889. The molecule has 0 aromatic rings. The Morgan fingerprint density at radius 1 is 1.40 bits per heavy atom. The van der Waals surface area contributed by atoms with Crippen molar-refractivity contribution in [3.8, 4) is 0 Å². The number of piperazine rings is 1. The van der Waals surface area contributed by atoms with Crippen molar-refractivity contribution in [2.45, 2.75) is 71.6 Å². The van der Waals surface area contributed by atoms with E-state index in [1.54, 1.807) is 0 Å². The van der Waals surface area contributed by atoms with Gasteiger partial charge in [-0.3, -0.25) is 9.79 Å². The van der Waals surface area contributed by atoms with Gasteiger partial charge < -0.3 is 20.2 Å². The van der Waals surface area contributed by atoms with Crippen molar-refractivity contribution in [3.63, 3.8) is 0 Å². The van der Waals surface area contributed by atoms with E-state index < -0.39 is 0 Å². The van der Waals surface area contributed by atoms with Crippen LogP contribution in [0.3, 0.4) is 0 Å². The lowest BCUT2D eigenvalue weighted by Gasteiger charge is -2.49. The van der Waals surface area contributed by atoms with Gasteiger partial charge in [-0.05, 0) is 47.5 Å². The Morgan fingerprint density at radius 3 is 2.56 bits per heavy atom. The summed E-state index contributed by atoms with van der Waals surface area (Å²) in [7, 11) is 0. The molecule has 1 saturated carbocycles. The molecule has 6 nitrogen and oxygen atoms in total. The smallest absolute Gasteiger partial charge is 0.242 e. The van der Waals surface area contributed by atoms with Gasteiger partial charge in [-0.1, -0.05) is 6.42 Å². The molecule has 1 aliphatic heterocycles. The van der Waals surface area contributed by atoms with Crippen LogP contribution in [0.4, 0.5) is 0 Å². The molecule has 2 atom stereocenters. The van der Waals surface area contributed by atoms with Gasteiger partial charge in [-0.25, -0.2) is 0 Å². The number of carbonyl (C=O) groups is 1. The first-order chi connectivity index (χ1) is 11.3. The molecule has 1 saturated heterocycles. The molecular formula is C18H35IN4O2. The molecule has 0 aromatic heterocycles. The highest BCUT2D eigenvalue weighted by Crippen LogP contribution is 2.27. The number of aliphatic hydroxyl groups excluding tert-OH is 1. The second kappa shape index (κ2) is 9.39. The Bertz CT molecular complexity index is 482. The largest absolute Gasteiger partial charge is 0.393 e. The first-order valence-electron chi connectivity index (χ1n) is 9.29. The highest BCUT2D eigenvalue weighted by molar-refractivity contribution is 14.0. The van der Waals surface area contributed by atoms with E-state index >= 15 is 0 Å². The third-order valence-electron chi connectivity index (χ3n) is 5.07. The molecule has 2 N–H and O–H groups in total. The van der Waals surface area contributed by atoms with Crippen LogP contribution in [0.25, 0.3) is 0 Å². The molecule has 2 rings (SSSR count). The number of halogens is 1. The lowest BCUT2D eigenvalue weighted by molar-refractivity contribution is -0.145. The molecule has 0 radical (unpaired) electrons. The van der Waals surface area contributed by atoms with Gasteiger partial charge in [0.15, 0.2) is 5.96 Å². The summed E-state index contributed by atoms with van der Waals surface area (Å²) in [6.45, 7) is 12.9. The molecule has 1 heterocycles. The van der Waals surface area contributed by atoms with Crippen molar-refractivity contribution in [2.24, 2.45) is 10.9 Å². The van der Waals surface area contributed by atoms with Crippen LogP contribution in [0.2, 0.25) is 0 Å². The first-order valence-corrected chi connectivity index (χ1v) is 9.29. The van der Waals surface area contributed by atoms with Gasteiger partial charge in [0.05, 0.1) is 18.2 Å². The average molecular weight is 466 g/mol. The standard InChI is InChI=1S/C18H34N4O2.HI/c1-6-19-17(20-10-14-8-7-9-15(14)23)21-11-16(24)22(13(2)3)18(4,5)12-21;/h13-15,23H,6-12H2,1-5H3,(H,19,20);1H. The molecular weight excluding hydrogens is 431 g/mol. The monoisotopic (exact) mass is 466 g/mol. The van der Waals surface area contributed by atoms with Crippen LogP contribution in [-0.4, -0.2) is 70.6 Å². The third kappa shape index (κ3) is 5.45. The fourth-order valence-corrected chi connectivity index (χ4v) is 4.17. The molecule has 2 fully saturated rings. The summed E-state index contributed by atoms with van der Waals surface area (Å²) in [5, 5.41) is 13.3. The molecule has 2 aliphatic rings. The van der Waals surface area contributed by atoms with Gasteiger partial charge in [-0.2, -0.15) is 0 Å². The van der Waals surface area contributed by atoms with Crippen LogP contribution >= 0.6 is 24.0 Å². The van der Waals surface area contributed by atoms with E-state index in [9.17, 15) is 9.90 Å². The topological polar surface area (TPSA) is 68.2 Å². The minimum absolute atomic E-state index is 0. The lowest BCUT2D eigenvalue weighted by Crippen LogP contribution is -2.66. The molecule has 2 unspecified atom stereocenters. The van der Waals surface area contributed by atoms with E-state index in [0.29, 0.717) is 13.1 Å². The summed E-state index contributed by atoms with van der Waals surface area (Å²) in [4.78, 5) is 21.4. The highest BCUT2D eigenvalue weighted by atomic mass is 127. The average Bonchev–Trinajstić information content (AvgIpc) is 2.86. The number of hydrogen-bond donors (Lipinski definition) is 2. The number of aliphatic hydroxyl groups is 1. The van der Waals surface area contributed by atoms with Crippen molar-refractivity contribution in [1.29, 1.82) is 0 Å². The second-order valence-corrected chi connectivity index (χ2v) is 7.98. The van der Waals surface area contributed by atoms with E-state index in [4.69, 9.17) is 4.99 Å². The number of hydrogen-bond acceptors (Lipinski definition) is 3. The maximum absolute atomic E-state index is 12.6. The predicted molar refractivity (Wildman–Crippen MR) is 112 cm³/mol. The van der Waals surface area contributed by atoms with Gasteiger partial charge in [0.2, 0.25) is 5.91 Å². The lowest BCUT2D eigenvalue weighted by atomic mass is 9.96. The summed E-state index contributed by atoms with van der Waals surface area (Å²) in [6.07, 6.45) is 2.77. The summed E-state index contributed by atoms with van der Waals surface area (Å²) < 4.78 is 0. The van der Waals surface area contributed by atoms with Crippen molar-refractivity contribution in [1.82, 2.24) is 15.1 Å². The number of carbonyl (C=O) groups excluding carboxylic acids is 1. The minimum atomic E-state index is -0.230. The van der Waals surface area contributed by atoms with E-state index in [0.717, 1.165) is 38.3 Å². The van der Waals surface area contributed by atoms with Gasteiger partial charge >= 0.3 is 0 Å². The van der Waals surface area contributed by atoms with E-state index in [-0.39, 0.29) is 53.5 Å². The molecule has 146 valence electrons.